The Morgan fingerprint density at radius 2 is 2.24 bits per heavy atom. The predicted octanol–water partition coefficient (Wildman–Crippen LogP) is 0.247. The molecule has 0 aliphatic rings. The molecule has 0 saturated heterocycles. The molecule has 4 N–H and O–H groups in total. The molecule has 0 atom stereocenters. The number of sulfonamides is 1. The van der Waals surface area contributed by atoms with Crippen LogP contribution in [0.4, 0.5) is 0 Å². The minimum atomic E-state index is -3.75. The van der Waals surface area contributed by atoms with E-state index in [2.05, 4.69) is 31.7 Å². The van der Waals surface area contributed by atoms with Crippen molar-refractivity contribution in [3.8, 4) is 11.8 Å². The normalized spacial score (nSPS) is 11.0. The number of nitrogens with zero attached hydrogens (tertiary/aromatic N) is 2. The number of nitrogens with one attached hydrogen (secondary N) is 2. The van der Waals surface area contributed by atoms with Crippen LogP contribution >= 0.6 is 11.6 Å². The molecule has 2 rings (SSSR count). The summed E-state index contributed by atoms with van der Waals surface area (Å²) in [5, 5.41) is 6.27. The van der Waals surface area contributed by atoms with Gasteiger partial charge in [0.2, 0.25) is 10.0 Å². The van der Waals surface area contributed by atoms with Crippen LogP contribution < -0.4 is 10.5 Å². The van der Waals surface area contributed by atoms with Crippen LogP contribution in [0.2, 0.25) is 5.02 Å². The Kier molecular flexibility index (Phi) is 4.93. The van der Waals surface area contributed by atoms with Gasteiger partial charge in [-0.3, -0.25) is 5.10 Å². The quantitative estimate of drug-likeness (QED) is 0.697. The van der Waals surface area contributed by atoms with Gasteiger partial charge in [-0.25, -0.2) is 18.1 Å². The van der Waals surface area contributed by atoms with Crippen molar-refractivity contribution in [3.05, 3.63) is 40.9 Å². The SMILES string of the molecule is NCC#Cc1ccc(S(=O)(=O)NCc2ncn[nH]2)c(Cl)c1. The van der Waals surface area contributed by atoms with Gasteiger partial charge in [-0.1, -0.05) is 23.4 Å². The van der Waals surface area contributed by atoms with Gasteiger partial charge >= 0.3 is 0 Å². The Hall–Kier alpha value is -1.92. The fourth-order valence-electron chi connectivity index (χ4n) is 1.51. The molecule has 1 aromatic heterocycles. The second-order valence-corrected chi connectivity index (χ2v) is 6.05. The number of halogens is 1. The van der Waals surface area contributed by atoms with E-state index >= 15 is 0 Å². The number of aromatic nitrogens is 3. The zero-order chi connectivity index (χ0) is 15.3. The minimum Gasteiger partial charge on any atom is -0.320 e. The second-order valence-electron chi connectivity index (χ2n) is 3.91. The summed E-state index contributed by atoms with van der Waals surface area (Å²) in [5.74, 6) is 5.85. The van der Waals surface area contributed by atoms with Crippen LogP contribution in [-0.2, 0) is 16.6 Å². The Morgan fingerprint density at radius 3 is 2.86 bits per heavy atom. The van der Waals surface area contributed by atoms with Crippen LogP contribution in [0, 0.1) is 11.8 Å². The summed E-state index contributed by atoms with van der Waals surface area (Å²) in [6.07, 6.45) is 1.29. The van der Waals surface area contributed by atoms with E-state index in [1.165, 1.54) is 18.5 Å². The highest BCUT2D eigenvalue weighted by Crippen LogP contribution is 2.22. The van der Waals surface area contributed by atoms with Gasteiger partial charge in [0.15, 0.2) is 0 Å². The van der Waals surface area contributed by atoms with Crippen molar-refractivity contribution < 1.29 is 8.42 Å². The van der Waals surface area contributed by atoms with E-state index in [1.54, 1.807) is 6.07 Å². The average Bonchev–Trinajstić information content (AvgIpc) is 2.96. The van der Waals surface area contributed by atoms with Crippen LogP contribution in [-0.4, -0.2) is 30.1 Å². The molecule has 0 bridgehead atoms. The first-order valence-electron chi connectivity index (χ1n) is 5.85. The van der Waals surface area contributed by atoms with Gasteiger partial charge in [0.1, 0.15) is 17.0 Å². The summed E-state index contributed by atoms with van der Waals surface area (Å²) in [6.45, 7) is 0.212. The van der Waals surface area contributed by atoms with Gasteiger partial charge in [-0.05, 0) is 18.2 Å². The number of nitrogens with two attached hydrogens (primary N) is 1. The van der Waals surface area contributed by atoms with Gasteiger partial charge in [0, 0.05) is 5.56 Å². The van der Waals surface area contributed by atoms with Crippen LogP contribution in [0.25, 0.3) is 0 Å². The highest BCUT2D eigenvalue weighted by molar-refractivity contribution is 7.89. The third-order valence-corrected chi connectivity index (χ3v) is 4.33. The molecule has 2 aromatic rings. The Labute approximate surface area is 127 Å². The largest absolute Gasteiger partial charge is 0.320 e. The van der Waals surface area contributed by atoms with Crippen molar-refractivity contribution >= 4 is 21.6 Å². The first-order valence-corrected chi connectivity index (χ1v) is 7.71. The Morgan fingerprint density at radius 1 is 1.43 bits per heavy atom. The number of H-pyrrole nitrogens is 1. The maximum Gasteiger partial charge on any atom is 0.242 e. The molecule has 0 unspecified atom stereocenters. The van der Waals surface area contributed by atoms with Crippen LogP contribution in [0.3, 0.4) is 0 Å². The lowest BCUT2D eigenvalue weighted by molar-refractivity contribution is 0.579. The number of benzene rings is 1. The number of hydrogen-bond acceptors (Lipinski definition) is 5. The Balaban J connectivity index is 2.19. The molecule has 9 heteroatoms. The summed E-state index contributed by atoms with van der Waals surface area (Å²) in [4.78, 5) is 3.80. The molecule has 110 valence electrons. The summed E-state index contributed by atoms with van der Waals surface area (Å²) in [6, 6.07) is 4.44. The van der Waals surface area contributed by atoms with Crippen molar-refractivity contribution in [1.82, 2.24) is 19.9 Å². The monoisotopic (exact) mass is 325 g/mol. The average molecular weight is 326 g/mol. The molecule has 1 aromatic carbocycles. The van der Waals surface area contributed by atoms with E-state index in [4.69, 9.17) is 17.3 Å². The fraction of sp³-hybridized carbons (Fsp3) is 0.167. The van der Waals surface area contributed by atoms with Gasteiger partial charge in [0.05, 0.1) is 18.1 Å². The standard InChI is InChI=1S/C12H12ClN5O2S/c13-10-6-9(2-1-5-14)3-4-11(10)21(19,20)17-7-12-15-8-16-18-12/h3-4,6,8,17H,5,7,14H2,(H,15,16,18). The van der Waals surface area contributed by atoms with E-state index < -0.39 is 10.0 Å². The zero-order valence-electron chi connectivity index (χ0n) is 10.8. The minimum absolute atomic E-state index is 0.00655. The van der Waals surface area contributed by atoms with Gasteiger partial charge in [-0.15, -0.1) is 0 Å². The fourth-order valence-corrected chi connectivity index (χ4v) is 3.04. The lowest BCUT2D eigenvalue weighted by Crippen LogP contribution is -2.24. The van der Waals surface area contributed by atoms with E-state index in [0.29, 0.717) is 11.4 Å². The molecule has 0 fully saturated rings. The summed E-state index contributed by atoms with van der Waals surface area (Å²) >= 11 is 6.00. The number of rotatable bonds is 4. The molecule has 0 spiro atoms. The van der Waals surface area contributed by atoms with Gasteiger partial charge < -0.3 is 5.73 Å². The highest BCUT2D eigenvalue weighted by atomic mass is 35.5. The zero-order valence-corrected chi connectivity index (χ0v) is 12.4. The number of aromatic amines is 1. The van der Waals surface area contributed by atoms with Crippen molar-refractivity contribution in [1.29, 1.82) is 0 Å². The van der Waals surface area contributed by atoms with E-state index in [1.807, 2.05) is 0 Å². The summed E-state index contributed by atoms with van der Waals surface area (Å²) in [7, 11) is -3.75. The predicted molar refractivity (Wildman–Crippen MR) is 77.8 cm³/mol. The first-order chi connectivity index (χ1) is 10.0. The molecule has 7 nitrogen and oxygen atoms in total. The van der Waals surface area contributed by atoms with Crippen LogP contribution in [0.5, 0.6) is 0 Å². The molecule has 0 radical (unpaired) electrons. The first kappa shape index (κ1) is 15.5. The molecular formula is C12H12ClN5O2S. The van der Waals surface area contributed by atoms with Crippen molar-refractivity contribution in [2.24, 2.45) is 5.73 Å². The van der Waals surface area contributed by atoms with Gasteiger partial charge in [-0.2, -0.15) is 5.10 Å². The third-order valence-electron chi connectivity index (χ3n) is 2.45. The van der Waals surface area contributed by atoms with E-state index in [9.17, 15) is 8.42 Å². The lowest BCUT2D eigenvalue weighted by atomic mass is 10.2. The van der Waals surface area contributed by atoms with Crippen molar-refractivity contribution in [2.75, 3.05) is 6.54 Å². The molecule has 0 saturated carbocycles. The lowest BCUT2D eigenvalue weighted by Gasteiger charge is -2.07. The molecule has 0 aliphatic carbocycles. The van der Waals surface area contributed by atoms with Crippen molar-refractivity contribution in [3.63, 3.8) is 0 Å². The second kappa shape index (κ2) is 6.69. The summed E-state index contributed by atoms with van der Waals surface area (Å²) in [5.41, 5.74) is 5.87. The smallest absolute Gasteiger partial charge is 0.242 e. The third kappa shape index (κ3) is 4.03. The molecule has 0 aliphatic heterocycles. The van der Waals surface area contributed by atoms with E-state index in [-0.39, 0.29) is 23.0 Å². The molecular weight excluding hydrogens is 314 g/mol. The van der Waals surface area contributed by atoms with Gasteiger partial charge in [0.25, 0.3) is 0 Å². The molecule has 1 heterocycles. The molecule has 0 amide bonds. The number of hydrogen-bond donors (Lipinski definition) is 3. The van der Waals surface area contributed by atoms with Crippen molar-refractivity contribution in [2.45, 2.75) is 11.4 Å². The van der Waals surface area contributed by atoms with E-state index in [0.717, 1.165) is 0 Å². The molecule has 21 heavy (non-hydrogen) atoms. The van der Waals surface area contributed by atoms with Crippen LogP contribution in [0.1, 0.15) is 11.4 Å². The highest BCUT2D eigenvalue weighted by Gasteiger charge is 2.18. The van der Waals surface area contributed by atoms with Crippen LogP contribution in [0.15, 0.2) is 29.4 Å². The maximum absolute atomic E-state index is 12.2. The topological polar surface area (TPSA) is 114 Å². The maximum atomic E-state index is 12.2. The summed E-state index contributed by atoms with van der Waals surface area (Å²) < 4.78 is 26.7. The Bertz CT molecular complexity index is 778.